The van der Waals surface area contributed by atoms with Crippen LogP contribution in [0.25, 0.3) is 33.4 Å². The fraction of sp³-hybridized carbons (Fsp3) is 0.0400. The average Bonchev–Trinajstić information content (AvgIpc) is 3.47. The zero-order valence-corrected chi connectivity index (χ0v) is 17.2. The summed E-state index contributed by atoms with van der Waals surface area (Å²) in [4.78, 5) is 2.60. The fourth-order valence-electron chi connectivity index (χ4n) is 3.76. The standard InChI is InChI=1S/C25H18N6O2/c32-24-16(7-5-13-22(24)30-26-18-9-1-2-10-19(18)27-30)15-17-8-6-14-23(25(17)33)31-28-20-11-3-4-12-21(20)29-31/h1-14,32-33H,15H2/i5T,6T. The quantitative estimate of drug-likeness (QED) is 0.429. The Morgan fingerprint density at radius 3 is 1.30 bits per heavy atom. The summed E-state index contributed by atoms with van der Waals surface area (Å²) in [6.45, 7) is 0. The largest absolute Gasteiger partial charge is 0.505 e. The Bertz CT molecular complexity index is 1550. The second-order valence-corrected chi connectivity index (χ2v) is 7.56. The van der Waals surface area contributed by atoms with Gasteiger partial charge < -0.3 is 10.2 Å². The van der Waals surface area contributed by atoms with Crippen molar-refractivity contribution in [2.75, 3.05) is 0 Å². The third kappa shape index (κ3) is 3.25. The maximum atomic E-state index is 11.1. The fourth-order valence-corrected chi connectivity index (χ4v) is 3.76. The molecule has 2 N–H and O–H groups in total. The minimum Gasteiger partial charge on any atom is -0.505 e. The summed E-state index contributed by atoms with van der Waals surface area (Å²) in [6, 6.07) is 20.9. The lowest BCUT2D eigenvalue weighted by Crippen LogP contribution is -2.03. The molecule has 6 rings (SSSR count). The van der Waals surface area contributed by atoms with Gasteiger partial charge in [0.05, 0.1) is 2.74 Å². The summed E-state index contributed by atoms with van der Waals surface area (Å²) < 4.78 is 16.5. The van der Waals surface area contributed by atoms with Crippen LogP contribution in [0.1, 0.15) is 13.9 Å². The highest BCUT2D eigenvalue weighted by Gasteiger charge is 2.16. The highest BCUT2D eigenvalue weighted by atomic mass is 16.3. The molecule has 0 atom stereocenters. The summed E-state index contributed by atoms with van der Waals surface area (Å²) in [6.07, 6.45) is 0.0681. The smallest absolute Gasteiger partial charge is 0.146 e. The first-order valence-electron chi connectivity index (χ1n) is 11.3. The zero-order chi connectivity index (χ0) is 24.1. The van der Waals surface area contributed by atoms with Gasteiger partial charge in [-0.3, -0.25) is 0 Å². The Kier molecular flexibility index (Phi) is 3.82. The van der Waals surface area contributed by atoms with E-state index in [0.29, 0.717) is 33.2 Å². The van der Waals surface area contributed by atoms with Crippen LogP contribution >= 0.6 is 0 Å². The first-order chi connectivity index (χ1) is 17.0. The zero-order valence-electron chi connectivity index (χ0n) is 19.2. The molecule has 0 aliphatic carbocycles. The number of hydrogen-bond acceptors (Lipinski definition) is 6. The molecule has 4 aromatic carbocycles. The highest BCUT2D eigenvalue weighted by Crippen LogP contribution is 2.32. The number of aromatic nitrogens is 6. The number of fused-ring (bicyclic) bond motifs is 2. The molecule has 0 spiro atoms. The lowest BCUT2D eigenvalue weighted by atomic mass is 10.0. The average molecular weight is 438 g/mol. The van der Waals surface area contributed by atoms with Crippen molar-refractivity contribution < 1.29 is 13.0 Å². The van der Waals surface area contributed by atoms with Gasteiger partial charge in [-0.05, 0) is 36.4 Å². The maximum Gasteiger partial charge on any atom is 0.146 e. The molecule has 0 fully saturated rings. The normalized spacial score (nSPS) is 12.2. The molecule has 0 unspecified atom stereocenters. The van der Waals surface area contributed by atoms with Crippen molar-refractivity contribution in [2.24, 2.45) is 0 Å². The van der Waals surface area contributed by atoms with E-state index in [1.54, 1.807) is 0 Å². The van der Waals surface area contributed by atoms with Crippen LogP contribution in [0.15, 0.2) is 84.9 Å². The lowest BCUT2D eigenvalue weighted by molar-refractivity contribution is 0.455. The van der Waals surface area contributed by atoms with Crippen LogP contribution in [-0.4, -0.2) is 40.2 Å². The van der Waals surface area contributed by atoms with Gasteiger partial charge in [0, 0.05) is 17.5 Å². The number of para-hydroxylation sites is 2. The summed E-state index contributed by atoms with van der Waals surface area (Å²) in [5, 5.41) is 39.7. The van der Waals surface area contributed by atoms with E-state index in [4.69, 9.17) is 2.74 Å². The van der Waals surface area contributed by atoms with E-state index in [1.807, 2.05) is 48.5 Å². The molecule has 33 heavy (non-hydrogen) atoms. The summed E-state index contributed by atoms with van der Waals surface area (Å²) in [5.41, 5.74) is 3.92. The van der Waals surface area contributed by atoms with Crippen molar-refractivity contribution in [1.29, 1.82) is 0 Å². The van der Waals surface area contributed by atoms with Gasteiger partial charge in [0.15, 0.2) is 0 Å². The molecule has 0 amide bonds. The van der Waals surface area contributed by atoms with Crippen LogP contribution in [0.2, 0.25) is 0 Å². The Balaban J connectivity index is 1.43. The third-order valence-electron chi connectivity index (χ3n) is 5.43. The van der Waals surface area contributed by atoms with E-state index in [2.05, 4.69) is 20.4 Å². The van der Waals surface area contributed by atoms with Gasteiger partial charge in [-0.15, -0.1) is 30.0 Å². The van der Waals surface area contributed by atoms with E-state index >= 15 is 0 Å². The van der Waals surface area contributed by atoms with Crippen LogP contribution in [0.4, 0.5) is 0 Å². The van der Waals surface area contributed by atoms with Crippen LogP contribution < -0.4 is 0 Å². The molecule has 8 nitrogen and oxygen atoms in total. The molecular weight excluding hydrogens is 416 g/mol. The number of hydrogen-bond donors (Lipinski definition) is 2. The lowest BCUT2D eigenvalue weighted by Gasteiger charge is -2.12. The van der Waals surface area contributed by atoms with E-state index in [-0.39, 0.29) is 41.4 Å². The van der Waals surface area contributed by atoms with Gasteiger partial charge in [0.1, 0.15) is 44.9 Å². The second-order valence-electron chi connectivity index (χ2n) is 7.56. The van der Waals surface area contributed by atoms with Crippen LogP contribution in [-0.2, 0) is 6.42 Å². The molecule has 8 heteroatoms. The third-order valence-corrected chi connectivity index (χ3v) is 5.43. The van der Waals surface area contributed by atoms with E-state index in [1.165, 1.54) is 33.9 Å². The molecule has 0 aliphatic rings. The summed E-state index contributed by atoms with van der Waals surface area (Å²) in [5.74, 6) is -0.221. The van der Waals surface area contributed by atoms with E-state index in [0.717, 1.165) is 0 Å². The van der Waals surface area contributed by atoms with E-state index < -0.39 is 0 Å². The Morgan fingerprint density at radius 2 is 0.939 bits per heavy atom. The Morgan fingerprint density at radius 1 is 0.576 bits per heavy atom. The van der Waals surface area contributed by atoms with Crippen molar-refractivity contribution in [3.8, 4) is 22.9 Å². The highest BCUT2D eigenvalue weighted by molar-refractivity contribution is 5.74. The first kappa shape index (κ1) is 16.9. The molecule has 2 heterocycles. The van der Waals surface area contributed by atoms with Crippen molar-refractivity contribution in [3.63, 3.8) is 0 Å². The molecule has 0 saturated heterocycles. The van der Waals surface area contributed by atoms with Crippen LogP contribution in [0, 0.1) is 0 Å². The Labute approximate surface area is 190 Å². The first-order valence-corrected chi connectivity index (χ1v) is 10.3. The minimum atomic E-state index is -0.111. The molecule has 0 radical (unpaired) electrons. The Hall–Kier alpha value is -4.72. The number of rotatable bonds is 4. The molecule has 0 saturated carbocycles. The summed E-state index contributed by atoms with van der Waals surface area (Å²) in [7, 11) is 0. The summed E-state index contributed by atoms with van der Waals surface area (Å²) >= 11 is 0. The maximum absolute atomic E-state index is 11.1. The van der Waals surface area contributed by atoms with Crippen molar-refractivity contribution in [2.45, 2.75) is 6.42 Å². The predicted molar refractivity (Wildman–Crippen MR) is 124 cm³/mol. The molecule has 0 aliphatic heterocycles. The van der Waals surface area contributed by atoms with Crippen LogP contribution in [0.5, 0.6) is 11.5 Å². The van der Waals surface area contributed by atoms with Crippen LogP contribution in [0.3, 0.4) is 0 Å². The van der Waals surface area contributed by atoms with Crippen molar-refractivity contribution in [3.05, 3.63) is 96.0 Å². The SMILES string of the molecule is [3H]c1cc(Cc2cc([3H])cc(-n3nc4ccccc4n3)c2O)c(O)c(-n2nc3ccccc3n2)c1. The number of phenols is 2. The van der Waals surface area contributed by atoms with Gasteiger partial charge in [-0.1, -0.05) is 48.5 Å². The molecule has 2 aromatic heterocycles. The monoisotopic (exact) mass is 438 g/mol. The second kappa shape index (κ2) is 7.45. The number of aromatic hydroxyl groups is 2. The van der Waals surface area contributed by atoms with Gasteiger partial charge in [0.25, 0.3) is 0 Å². The number of phenolic OH excluding ortho intramolecular Hbond substituents is 2. The van der Waals surface area contributed by atoms with Gasteiger partial charge in [-0.25, -0.2) is 0 Å². The molecule has 160 valence electrons. The topological polar surface area (TPSA) is 102 Å². The molecule has 0 bridgehead atoms. The van der Waals surface area contributed by atoms with Crippen molar-refractivity contribution >= 4 is 22.1 Å². The minimum absolute atomic E-state index is 0.0681. The number of benzene rings is 4. The van der Waals surface area contributed by atoms with Crippen molar-refractivity contribution in [1.82, 2.24) is 30.0 Å². The predicted octanol–water partition coefficient (Wildman–Crippen LogP) is 4.16. The van der Waals surface area contributed by atoms with Gasteiger partial charge >= 0.3 is 0 Å². The number of nitrogens with zero attached hydrogens (tertiary/aromatic N) is 6. The molecular formula is C25H18N6O2. The van der Waals surface area contributed by atoms with Gasteiger partial charge in [-0.2, -0.15) is 0 Å². The van der Waals surface area contributed by atoms with E-state index in [9.17, 15) is 10.2 Å². The van der Waals surface area contributed by atoms with Gasteiger partial charge in [0.2, 0.25) is 0 Å². The molecule has 6 aromatic rings.